The smallest absolute Gasteiger partial charge is 0.260 e. The number of nitrogens with one attached hydrogen (secondary N) is 1. The van der Waals surface area contributed by atoms with Crippen molar-refractivity contribution in [2.45, 2.75) is 13.3 Å². The Bertz CT molecular complexity index is 613. The van der Waals surface area contributed by atoms with Crippen LogP contribution in [0.3, 0.4) is 0 Å². The van der Waals surface area contributed by atoms with Crippen molar-refractivity contribution in [3.8, 4) is 0 Å². The lowest BCUT2D eigenvalue weighted by atomic mass is 10.1. The number of hydrogen-bond acceptors (Lipinski definition) is 2. The molecule has 2 rings (SSSR count). The summed E-state index contributed by atoms with van der Waals surface area (Å²) in [5.41, 5.74) is 1.38. The highest BCUT2D eigenvalue weighted by Gasteiger charge is 2.19. The third-order valence-electron chi connectivity index (χ3n) is 3.24. The zero-order valence-corrected chi connectivity index (χ0v) is 12.3. The quantitative estimate of drug-likeness (QED) is 0.903. The van der Waals surface area contributed by atoms with E-state index in [1.165, 1.54) is 11.0 Å². The summed E-state index contributed by atoms with van der Waals surface area (Å²) in [6, 6.07) is 13.9. The molecule has 0 aliphatic heterocycles. The lowest BCUT2D eigenvalue weighted by Crippen LogP contribution is -2.27. The van der Waals surface area contributed by atoms with Crippen molar-refractivity contribution in [2.75, 3.05) is 23.8 Å². The van der Waals surface area contributed by atoms with E-state index in [-0.39, 0.29) is 11.6 Å². The molecule has 0 spiro atoms. The van der Waals surface area contributed by atoms with Gasteiger partial charge in [-0.15, -0.1) is 0 Å². The fourth-order valence-corrected chi connectivity index (χ4v) is 2.08. The molecule has 0 radical (unpaired) electrons. The summed E-state index contributed by atoms with van der Waals surface area (Å²) in [5.74, 6) is -0.643. The maximum atomic E-state index is 14.0. The first-order chi connectivity index (χ1) is 10.1. The zero-order valence-electron chi connectivity index (χ0n) is 12.3. The van der Waals surface area contributed by atoms with E-state index in [2.05, 4.69) is 5.32 Å². The monoisotopic (exact) mass is 286 g/mol. The molecule has 0 saturated carbocycles. The molecule has 0 bridgehead atoms. The first-order valence-corrected chi connectivity index (χ1v) is 7.00. The van der Waals surface area contributed by atoms with Crippen molar-refractivity contribution in [3.05, 3.63) is 59.9 Å². The molecule has 0 saturated heterocycles. The van der Waals surface area contributed by atoms with Gasteiger partial charge >= 0.3 is 0 Å². The number of halogens is 1. The molecule has 0 fully saturated rings. The topological polar surface area (TPSA) is 32.3 Å². The number of anilines is 2. The van der Waals surface area contributed by atoms with Gasteiger partial charge in [-0.1, -0.05) is 31.2 Å². The molecule has 1 amide bonds. The van der Waals surface area contributed by atoms with Crippen LogP contribution in [-0.2, 0) is 0 Å². The van der Waals surface area contributed by atoms with E-state index in [1.54, 1.807) is 19.2 Å². The Labute approximate surface area is 124 Å². The maximum absolute atomic E-state index is 14.0. The van der Waals surface area contributed by atoms with Gasteiger partial charge in [0.1, 0.15) is 5.82 Å². The van der Waals surface area contributed by atoms with E-state index >= 15 is 0 Å². The van der Waals surface area contributed by atoms with Gasteiger partial charge in [0.15, 0.2) is 0 Å². The van der Waals surface area contributed by atoms with Gasteiger partial charge in [-0.2, -0.15) is 0 Å². The van der Waals surface area contributed by atoms with Gasteiger partial charge in [0, 0.05) is 19.3 Å². The van der Waals surface area contributed by atoms with Crippen molar-refractivity contribution in [2.24, 2.45) is 0 Å². The second-order valence-corrected chi connectivity index (χ2v) is 4.79. The number of hydrogen-bond donors (Lipinski definition) is 1. The largest absolute Gasteiger partial charge is 0.382 e. The highest BCUT2D eigenvalue weighted by atomic mass is 19.1. The number of benzene rings is 2. The van der Waals surface area contributed by atoms with E-state index in [0.29, 0.717) is 12.1 Å². The second kappa shape index (κ2) is 6.88. The molecule has 4 heteroatoms. The van der Waals surface area contributed by atoms with Gasteiger partial charge in [-0.3, -0.25) is 4.79 Å². The van der Waals surface area contributed by atoms with Crippen molar-refractivity contribution in [1.29, 1.82) is 0 Å². The lowest BCUT2D eigenvalue weighted by Gasteiger charge is -2.20. The Morgan fingerprint density at radius 2 is 1.86 bits per heavy atom. The van der Waals surface area contributed by atoms with Crippen LogP contribution in [0.25, 0.3) is 0 Å². The average molecular weight is 286 g/mol. The molecule has 3 nitrogen and oxygen atoms in total. The molecule has 0 atom stereocenters. The van der Waals surface area contributed by atoms with Crippen LogP contribution in [0.5, 0.6) is 0 Å². The molecule has 110 valence electrons. The molecule has 0 aromatic heterocycles. The van der Waals surface area contributed by atoms with Gasteiger partial charge in [0.05, 0.1) is 11.3 Å². The van der Waals surface area contributed by atoms with Crippen molar-refractivity contribution in [1.82, 2.24) is 0 Å². The molecule has 0 aliphatic rings. The van der Waals surface area contributed by atoms with Crippen molar-refractivity contribution >= 4 is 17.3 Å². The molecule has 0 unspecified atom stereocenters. The SMILES string of the molecule is CCCNc1c(F)cccc1C(=O)N(C)c1ccccc1. The van der Waals surface area contributed by atoms with Crippen LogP contribution < -0.4 is 10.2 Å². The van der Waals surface area contributed by atoms with Crippen molar-refractivity contribution < 1.29 is 9.18 Å². The Hall–Kier alpha value is -2.36. The van der Waals surface area contributed by atoms with E-state index in [4.69, 9.17) is 0 Å². The number of amides is 1. The summed E-state index contributed by atoms with van der Waals surface area (Å²) in [4.78, 5) is 14.1. The highest BCUT2D eigenvalue weighted by Crippen LogP contribution is 2.23. The Morgan fingerprint density at radius 3 is 2.52 bits per heavy atom. The predicted molar refractivity (Wildman–Crippen MR) is 84.4 cm³/mol. The maximum Gasteiger partial charge on any atom is 0.260 e. The van der Waals surface area contributed by atoms with E-state index in [0.717, 1.165) is 12.1 Å². The summed E-state index contributed by atoms with van der Waals surface area (Å²) >= 11 is 0. The van der Waals surface area contributed by atoms with Gasteiger partial charge in [0.25, 0.3) is 5.91 Å². The number of rotatable bonds is 5. The summed E-state index contributed by atoms with van der Waals surface area (Å²) in [7, 11) is 1.69. The van der Waals surface area contributed by atoms with E-state index < -0.39 is 5.82 Å². The zero-order chi connectivity index (χ0) is 15.2. The Morgan fingerprint density at radius 1 is 1.14 bits per heavy atom. The molecule has 0 heterocycles. The van der Waals surface area contributed by atoms with Gasteiger partial charge in [0.2, 0.25) is 0 Å². The van der Waals surface area contributed by atoms with Crippen LogP contribution in [0.15, 0.2) is 48.5 Å². The van der Waals surface area contributed by atoms with Crippen LogP contribution >= 0.6 is 0 Å². The van der Waals surface area contributed by atoms with Crippen LogP contribution in [0.1, 0.15) is 23.7 Å². The highest BCUT2D eigenvalue weighted by molar-refractivity contribution is 6.09. The summed E-state index contributed by atoms with van der Waals surface area (Å²) < 4.78 is 14.0. The molecular weight excluding hydrogens is 267 g/mol. The minimum Gasteiger partial charge on any atom is -0.382 e. The number of carbonyl (C=O) groups excluding carboxylic acids is 1. The van der Waals surface area contributed by atoms with Crippen LogP contribution in [-0.4, -0.2) is 19.5 Å². The minimum absolute atomic E-state index is 0.237. The number of nitrogens with zero attached hydrogens (tertiary/aromatic N) is 1. The Balaban J connectivity index is 2.32. The van der Waals surface area contributed by atoms with Gasteiger partial charge < -0.3 is 10.2 Å². The molecule has 2 aromatic rings. The molecule has 2 aromatic carbocycles. The number of carbonyl (C=O) groups is 1. The first-order valence-electron chi connectivity index (χ1n) is 7.00. The van der Waals surface area contributed by atoms with Gasteiger partial charge in [-0.25, -0.2) is 4.39 Å². The standard InChI is InChI=1S/C17H19FN2O/c1-3-12-19-16-14(10-7-11-15(16)18)17(21)20(2)13-8-5-4-6-9-13/h4-11,19H,3,12H2,1-2H3. The summed E-state index contributed by atoms with van der Waals surface area (Å²) in [6.45, 7) is 2.61. The van der Waals surface area contributed by atoms with E-state index in [9.17, 15) is 9.18 Å². The molecule has 21 heavy (non-hydrogen) atoms. The third kappa shape index (κ3) is 3.40. The predicted octanol–water partition coefficient (Wildman–Crippen LogP) is 3.92. The molecule has 1 N–H and O–H groups in total. The number of para-hydroxylation sites is 2. The third-order valence-corrected chi connectivity index (χ3v) is 3.24. The van der Waals surface area contributed by atoms with Crippen LogP contribution in [0.2, 0.25) is 0 Å². The van der Waals surface area contributed by atoms with Crippen LogP contribution in [0.4, 0.5) is 15.8 Å². The molecular formula is C17H19FN2O. The molecule has 0 aliphatic carbocycles. The lowest BCUT2D eigenvalue weighted by molar-refractivity contribution is 0.0993. The Kier molecular flexibility index (Phi) is 4.93. The normalized spacial score (nSPS) is 10.2. The summed E-state index contributed by atoms with van der Waals surface area (Å²) in [6.07, 6.45) is 0.858. The van der Waals surface area contributed by atoms with Crippen molar-refractivity contribution in [3.63, 3.8) is 0 Å². The fraction of sp³-hybridized carbons (Fsp3) is 0.235. The fourth-order valence-electron chi connectivity index (χ4n) is 2.08. The van der Waals surface area contributed by atoms with E-state index in [1.807, 2.05) is 37.3 Å². The first kappa shape index (κ1) is 15.0. The average Bonchev–Trinajstić information content (AvgIpc) is 2.53. The minimum atomic E-state index is -0.407. The van der Waals surface area contributed by atoms with Gasteiger partial charge in [-0.05, 0) is 30.7 Å². The van der Waals surface area contributed by atoms with Crippen LogP contribution in [0, 0.1) is 5.82 Å². The summed E-state index contributed by atoms with van der Waals surface area (Å²) in [5, 5.41) is 3.00. The second-order valence-electron chi connectivity index (χ2n) is 4.79.